The normalized spacial score (nSPS) is 20.3. The van der Waals surface area contributed by atoms with Gasteiger partial charge in [-0.05, 0) is 47.5 Å². The molecule has 0 bridgehead atoms. The fraction of sp³-hybridized carbons (Fsp3) is 0.0769. The number of carbonyl (C=O) groups excluding carboxylic acids is 2. The van der Waals surface area contributed by atoms with Crippen LogP contribution in [-0.4, -0.2) is 18.7 Å². The van der Waals surface area contributed by atoms with Gasteiger partial charge in [-0.2, -0.15) is 0 Å². The van der Waals surface area contributed by atoms with E-state index in [1.54, 1.807) is 0 Å². The van der Waals surface area contributed by atoms with Crippen molar-refractivity contribution in [2.45, 2.75) is 6.10 Å². The molecule has 4 aromatic rings. The number of benzene rings is 1. The van der Waals surface area contributed by atoms with E-state index in [4.69, 9.17) is 9.15 Å². The van der Waals surface area contributed by atoms with Crippen LogP contribution in [-0.2, 0) is 4.74 Å². The summed E-state index contributed by atoms with van der Waals surface area (Å²) in [6, 6.07) is 13.7. The standard InChI is InChI=1S/C26H14O4S2/c27-11-13-7-9-19(31-13)25-23-15-3-1-5-17-21(15)24(16-4-2-6-18(30-25)22(16)23)26(29-17)20-10-8-14(12-28)32-20/h1-12,17,21H. The zero-order chi connectivity index (χ0) is 21.4. The largest absolute Gasteiger partial charge is 0.484 e. The molecular formula is C26H14O4S2. The van der Waals surface area contributed by atoms with Gasteiger partial charge in [-0.25, -0.2) is 0 Å². The van der Waals surface area contributed by atoms with E-state index < -0.39 is 0 Å². The summed E-state index contributed by atoms with van der Waals surface area (Å²) >= 11 is 2.89. The Labute approximate surface area is 190 Å². The van der Waals surface area contributed by atoms with Gasteiger partial charge in [0.2, 0.25) is 0 Å². The first-order chi connectivity index (χ1) is 15.8. The van der Waals surface area contributed by atoms with Crippen LogP contribution in [0, 0.1) is 5.92 Å². The molecule has 1 aromatic carbocycles. The molecule has 4 nitrogen and oxygen atoms in total. The van der Waals surface area contributed by atoms with E-state index in [0.717, 1.165) is 61.5 Å². The SMILES string of the molecule is O=Cc1ccc(C2=C3c4cccc5oc(-c6ccc(C=O)s6)c(c45)C4=CC=CC(O2)C43)s1. The third kappa shape index (κ3) is 2.31. The van der Waals surface area contributed by atoms with Gasteiger partial charge < -0.3 is 9.15 Å². The predicted octanol–water partition coefficient (Wildman–Crippen LogP) is 6.70. The number of furan rings is 1. The highest BCUT2D eigenvalue weighted by Crippen LogP contribution is 2.59. The van der Waals surface area contributed by atoms with Crippen molar-refractivity contribution in [3.63, 3.8) is 0 Å². The average Bonchev–Trinajstić information content (AvgIpc) is 3.61. The molecule has 7 rings (SSSR count). The molecule has 0 radical (unpaired) electrons. The van der Waals surface area contributed by atoms with Crippen LogP contribution in [0.25, 0.3) is 38.5 Å². The number of fused-ring (bicyclic) bond motifs is 2. The monoisotopic (exact) mass is 454 g/mol. The van der Waals surface area contributed by atoms with E-state index in [2.05, 4.69) is 18.2 Å². The van der Waals surface area contributed by atoms with Crippen LogP contribution < -0.4 is 0 Å². The topological polar surface area (TPSA) is 56.5 Å². The molecule has 2 atom stereocenters. The van der Waals surface area contributed by atoms with Crippen molar-refractivity contribution >= 4 is 63.1 Å². The lowest BCUT2D eigenvalue weighted by Gasteiger charge is -2.28. The molecule has 2 aliphatic carbocycles. The van der Waals surface area contributed by atoms with Gasteiger partial charge >= 0.3 is 0 Å². The molecular weight excluding hydrogens is 440 g/mol. The molecule has 0 fully saturated rings. The van der Waals surface area contributed by atoms with Crippen LogP contribution >= 0.6 is 22.7 Å². The summed E-state index contributed by atoms with van der Waals surface area (Å²) in [4.78, 5) is 25.8. The molecule has 154 valence electrons. The Hall–Kier alpha value is -3.48. The summed E-state index contributed by atoms with van der Waals surface area (Å²) in [5.74, 6) is 1.70. The maximum absolute atomic E-state index is 11.3. The van der Waals surface area contributed by atoms with E-state index in [9.17, 15) is 9.59 Å². The second kappa shape index (κ2) is 6.51. The Morgan fingerprint density at radius 1 is 0.906 bits per heavy atom. The number of carbonyl (C=O) groups is 2. The molecule has 32 heavy (non-hydrogen) atoms. The summed E-state index contributed by atoms with van der Waals surface area (Å²) in [6.07, 6.45) is 7.93. The second-order valence-electron chi connectivity index (χ2n) is 7.93. The molecule has 6 heteroatoms. The number of aldehydes is 2. The Morgan fingerprint density at radius 3 is 2.47 bits per heavy atom. The summed E-state index contributed by atoms with van der Waals surface area (Å²) in [5, 5.41) is 1.07. The van der Waals surface area contributed by atoms with Gasteiger partial charge in [-0.15, -0.1) is 22.7 Å². The van der Waals surface area contributed by atoms with Crippen LogP contribution in [0.5, 0.6) is 0 Å². The lowest BCUT2D eigenvalue weighted by molar-refractivity contribution is 0.111. The molecule has 0 saturated heterocycles. The third-order valence-corrected chi connectivity index (χ3v) is 8.30. The molecule has 3 aliphatic rings. The molecule has 0 amide bonds. The van der Waals surface area contributed by atoms with E-state index in [-0.39, 0.29) is 12.0 Å². The van der Waals surface area contributed by atoms with Crippen LogP contribution in [0.15, 0.2) is 65.1 Å². The van der Waals surface area contributed by atoms with Gasteiger partial charge in [-0.1, -0.05) is 24.3 Å². The van der Waals surface area contributed by atoms with Crippen molar-refractivity contribution in [1.29, 1.82) is 0 Å². The highest BCUT2D eigenvalue weighted by atomic mass is 32.1. The number of hydrogen-bond donors (Lipinski definition) is 0. The molecule has 2 unspecified atom stereocenters. The first kappa shape index (κ1) is 18.1. The fourth-order valence-corrected chi connectivity index (χ4v) is 6.68. The molecule has 4 heterocycles. The number of hydrogen-bond acceptors (Lipinski definition) is 6. The third-order valence-electron chi connectivity index (χ3n) is 6.28. The maximum atomic E-state index is 11.3. The summed E-state index contributed by atoms with van der Waals surface area (Å²) in [5.41, 5.74) is 5.33. The number of thiophene rings is 2. The Balaban J connectivity index is 1.56. The number of ether oxygens (including phenoxy) is 1. The average molecular weight is 455 g/mol. The second-order valence-corrected chi connectivity index (χ2v) is 10.2. The summed E-state index contributed by atoms with van der Waals surface area (Å²) in [7, 11) is 0. The van der Waals surface area contributed by atoms with Crippen LogP contribution in [0.1, 0.15) is 35.3 Å². The first-order valence-corrected chi connectivity index (χ1v) is 11.9. The van der Waals surface area contributed by atoms with Crippen molar-refractivity contribution in [3.05, 3.63) is 86.5 Å². The van der Waals surface area contributed by atoms with E-state index in [1.807, 2.05) is 42.5 Å². The van der Waals surface area contributed by atoms with Crippen LogP contribution in [0.4, 0.5) is 0 Å². The first-order valence-electron chi connectivity index (χ1n) is 10.2. The van der Waals surface area contributed by atoms with Crippen molar-refractivity contribution < 1.29 is 18.7 Å². The summed E-state index contributed by atoms with van der Waals surface area (Å²) in [6.45, 7) is 0. The lowest BCUT2D eigenvalue weighted by Crippen LogP contribution is -2.22. The Morgan fingerprint density at radius 2 is 1.69 bits per heavy atom. The molecule has 3 aromatic heterocycles. The van der Waals surface area contributed by atoms with Crippen molar-refractivity contribution in [3.8, 4) is 10.6 Å². The molecule has 0 N–H and O–H groups in total. The summed E-state index contributed by atoms with van der Waals surface area (Å²) < 4.78 is 12.9. The van der Waals surface area contributed by atoms with E-state index >= 15 is 0 Å². The zero-order valence-corrected chi connectivity index (χ0v) is 18.2. The molecule has 0 spiro atoms. The highest BCUT2D eigenvalue weighted by Gasteiger charge is 2.46. The van der Waals surface area contributed by atoms with Crippen molar-refractivity contribution in [2.24, 2.45) is 5.92 Å². The van der Waals surface area contributed by atoms with Gasteiger partial charge in [0.1, 0.15) is 17.4 Å². The number of allylic oxidation sites excluding steroid dienone is 2. The van der Waals surface area contributed by atoms with Gasteiger partial charge in [0, 0.05) is 16.5 Å². The zero-order valence-electron chi connectivity index (χ0n) is 16.5. The molecule has 1 aliphatic heterocycles. The highest BCUT2D eigenvalue weighted by molar-refractivity contribution is 7.17. The molecule has 0 saturated carbocycles. The van der Waals surface area contributed by atoms with Crippen LogP contribution in [0.2, 0.25) is 0 Å². The fourth-order valence-electron chi connectivity index (χ4n) is 5.05. The van der Waals surface area contributed by atoms with Gasteiger partial charge in [0.25, 0.3) is 0 Å². The lowest BCUT2D eigenvalue weighted by atomic mass is 9.72. The maximum Gasteiger partial charge on any atom is 0.160 e. The van der Waals surface area contributed by atoms with Gasteiger partial charge in [0.05, 0.1) is 25.4 Å². The minimum atomic E-state index is -0.109. The van der Waals surface area contributed by atoms with E-state index in [1.165, 1.54) is 28.2 Å². The minimum Gasteiger partial charge on any atom is -0.484 e. The quantitative estimate of drug-likeness (QED) is 0.322. The van der Waals surface area contributed by atoms with Gasteiger partial charge in [0.15, 0.2) is 18.3 Å². The predicted molar refractivity (Wildman–Crippen MR) is 127 cm³/mol. The van der Waals surface area contributed by atoms with E-state index in [0.29, 0.717) is 9.75 Å². The van der Waals surface area contributed by atoms with Crippen molar-refractivity contribution in [2.75, 3.05) is 0 Å². The number of rotatable bonds is 4. The Bertz CT molecular complexity index is 1560. The smallest absolute Gasteiger partial charge is 0.160 e. The van der Waals surface area contributed by atoms with Crippen LogP contribution in [0.3, 0.4) is 0 Å². The van der Waals surface area contributed by atoms with Crippen molar-refractivity contribution in [1.82, 2.24) is 0 Å². The Kier molecular flexibility index (Phi) is 3.69. The van der Waals surface area contributed by atoms with Gasteiger partial charge in [-0.3, -0.25) is 9.59 Å². The minimum absolute atomic E-state index is 0.0525.